The largest absolute Gasteiger partial charge is 0.369 e. The van der Waals surface area contributed by atoms with E-state index >= 15 is 0 Å². The summed E-state index contributed by atoms with van der Waals surface area (Å²) in [6.07, 6.45) is 0. The fraction of sp³-hybridized carbons (Fsp3) is 0.333. The van der Waals surface area contributed by atoms with Crippen LogP contribution in [0.4, 0.5) is 5.69 Å². The smallest absolute Gasteiger partial charge is 0.246 e. The highest BCUT2D eigenvalue weighted by atomic mass is 16.2. The molecule has 2 rings (SSSR count). The Hall–Kier alpha value is -1.88. The number of nitrogens with two attached hydrogens (primary N) is 1. The molecule has 1 heterocycles. The second-order valence-corrected chi connectivity index (χ2v) is 4.32. The van der Waals surface area contributed by atoms with Crippen LogP contribution in [0.2, 0.25) is 0 Å². The van der Waals surface area contributed by atoms with Crippen molar-refractivity contribution in [3.8, 4) is 0 Å². The number of anilines is 1. The molecule has 4 N–H and O–H groups in total. The summed E-state index contributed by atoms with van der Waals surface area (Å²) >= 11 is 0. The molecule has 0 bridgehead atoms. The summed E-state index contributed by atoms with van der Waals surface area (Å²) in [5.41, 5.74) is 8.89. The van der Waals surface area contributed by atoms with Gasteiger partial charge in [-0.1, -0.05) is 17.7 Å². The number of rotatable bonds is 3. The third-order valence-electron chi connectivity index (χ3n) is 2.81. The maximum atomic E-state index is 11.8. The number of benzene rings is 1. The number of primary amides is 1. The summed E-state index contributed by atoms with van der Waals surface area (Å²) in [6, 6.07) is 3.46. The van der Waals surface area contributed by atoms with Crippen molar-refractivity contribution in [3.05, 3.63) is 28.8 Å². The first-order valence-electron chi connectivity index (χ1n) is 5.42. The summed E-state index contributed by atoms with van der Waals surface area (Å²) < 4.78 is 0. The molecule has 0 spiro atoms. The van der Waals surface area contributed by atoms with Crippen molar-refractivity contribution in [1.29, 1.82) is 0 Å². The van der Waals surface area contributed by atoms with Crippen molar-refractivity contribution in [3.63, 3.8) is 0 Å². The fourth-order valence-corrected chi connectivity index (χ4v) is 2.14. The van der Waals surface area contributed by atoms with Crippen molar-refractivity contribution >= 4 is 17.5 Å². The lowest BCUT2D eigenvalue weighted by atomic mass is 10.0. The molecule has 0 radical (unpaired) electrons. The number of amides is 2. The van der Waals surface area contributed by atoms with E-state index in [0.717, 1.165) is 22.4 Å². The summed E-state index contributed by atoms with van der Waals surface area (Å²) in [6.45, 7) is 3.91. The van der Waals surface area contributed by atoms with E-state index in [-0.39, 0.29) is 12.5 Å². The molecular formula is C12H15N3O2. The quantitative estimate of drug-likeness (QED) is 0.705. The van der Waals surface area contributed by atoms with Crippen LogP contribution < -0.4 is 16.4 Å². The van der Waals surface area contributed by atoms with Gasteiger partial charge in [0.05, 0.1) is 6.54 Å². The van der Waals surface area contributed by atoms with Gasteiger partial charge in [0.15, 0.2) is 0 Å². The number of fused-ring (bicyclic) bond motifs is 1. The van der Waals surface area contributed by atoms with E-state index in [2.05, 4.69) is 10.6 Å². The van der Waals surface area contributed by atoms with Crippen molar-refractivity contribution in [1.82, 2.24) is 5.32 Å². The first kappa shape index (κ1) is 11.6. The highest BCUT2D eigenvalue weighted by Crippen LogP contribution is 2.34. The van der Waals surface area contributed by atoms with E-state index in [0.29, 0.717) is 0 Å². The third-order valence-corrected chi connectivity index (χ3v) is 2.81. The number of hydrogen-bond acceptors (Lipinski definition) is 3. The highest BCUT2D eigenvalue weighted by molar-refractivity contribution is 6.03. The Morgan fingerprint density at radius 2 is 2.18 bits per heavy atom. The monoisotopic (exact) mass is 233 g/mol. The molecule has 1 aromatic rings. The molecule has 0 fully saturated rings. The molecule has 0 aromatic heterocycles. The van der Waals surface area contributed by atoms with Crippen LogP contribution in [0.5, 0.6) is 0 Å². The molecule has 1 aliphatic rings. The van der Waals surface area contributed by atoms with Gasteiger partial charge in [-0.2, -0.15) is 0 Å². The van der Waals surface area contributed by atoms with E-state index in [4.69, 9.17) is 5.73 Å². The van der Waals surface area contributed by atoms with Crippen LogP contribution in [0.1, 0.15) is 22.7 Å². The molecule has 0 saturated heterocycles. The van der Waals surface area contributed by atoms with Gasteiger partial charge in [0.25, 0.3) is 0 Å². The number of carbonyl (C=O) groups excluding carboxylic acids is 2. The summed E-state index contributed by atoms with van der Waals surface area (Å²) in [5.74, 6) is -0.620. The van der Waals surface area contributed by atoms with E-state index < -0.39 is 11.9 Å². The Bertz CT molecular complexity index is 497. The Balaban J connectivity index is 2.33. The van der Waals surface area contributed by atoms with Crippen LogP contribution in [0.3, 0.4) is 0 Å². The minimum Gasteiger partial charge on any atom is -0.369 e. The number of carbonyl (C=O) groups is 2. The predicted octanol–water partition coefficient (Wildman–Crippen LogP) is 0.372. The van der Waals surface area contributed by atoms with E-state index in [1.807, 2.05) is 26.0 Å². The summed E-state index contributed by atoms with van der Waals surface area (Å²) in [4.78, 5) is 22.5. The van der Waals surface area contributed by atoms with Crippen LogP contribution in [-0.4, -0.2) is 18.4 Å². The molecule has 17 heavy (non-hydrogen) atoms. The second-order valence-electron chi connectivity index (χ2n) is 4.32. The lowest BCUT2D eigenvalue weighted by molar-refractivity contribution is -0.119. The minimum atomic E-state index is -0.490. The van der Waals surface area contributed by atoms with Crippen LogP contribution in [-0.2, 0) is 9.59 Å². The van der Waals surface area contributed by atoms with Gasteiger partial charge in [0, 0.05) is 11.3 Å². The van der Waals surface area contributed by atoms with Crippen LogP contribution in [0.25, 0.3) is 0 Å². The first-order valence-corrected chi connectivity index (χ1v) is 5.42. The van der Waals surface area contributed by atoms with Gasteiger partial charge in [0.2, 0.25) is 11.8 Å². The minimum absolute atomic E-state index is 0.00941. The zero-order valence-electron chi connectivity index (χ0n) is 9.83. The molecule has 90 valence electrons. The average molecular weight is 233 g/mol. The van der Waals surface area contributed by atoms with Gasteiger partial charge in [-0.15, -0.1) is 0 Å². The van der Waals surface area contributed by atoms with Crippen LogP contribution in [0, 0.1) is 13.8 Å². The van der Waals surface area contributed by atoms with Crippen molar-refractivity contribution in [2.75, 3.05) is 11.9 Å². The van der Waals surface area contributed by atoms with Gasteiger partial charge in [-0.3, -0.25) is 14.9 Å². The summed E-state index contributed by atoms with van der Waals surface area (Å²) in [7, 11) is 0. The van der Waals surface area contributed by atoms with Gasteiger partial charge in [-0.25, -0.2) is 0 Å². The maximum absolute atomic E-state index is 11.8. The van der Waals surface area contributed by atoms with Gasteiger partial charge in [0.1, 0.15) is 6.04 Å². The molecular weight excluding hydrogens is 218 g/mol. The molecule has 1 aliphatic heterocycles. The third kappa shape index (κ3) is 2.14. The molecule has 0 saturated carbocycles. The van der Waals surface area contributed by atoms with Crippen LogP contribution in [0.15, 0.2) is 12.1 Å². The van der Waals surface area contributed by atoms with Gasteiger partial charge in [-0.05, 0) is 19.4 Å². The molecule has 5 nitrogen and oxygen atoms in total. The lowest BCUT2D eigenvalue weighted by Gasteiger charge is -2.10. The Morgan fingerprint density at radius 3 is 2.82 bits per heavy atom. The van der Waals surface area contributed by atoms with Crippen molar-refractivity contribution in [2.24, 2.45) is 5.73 Å². The molecule has 1 aromatic carbocycles. The molecule has 1 unspecified atom stereocenters. The zero-order chi connectivity index (χ0) is 12.6. The Kier molecular flexibility index (Phi) is 2.85. The number of nitrogens with one attached hydrogen (secondary N) is 2. The molecule has 2 amide bonds. The van der Waals surface area contributed by atoms with Crippen molar-refractivity contribution in [2.45, 2.75) is 19.9 Å². The van der Waals surface area contributed by atoms with E-state index in [1.54, 1.807) is 0 Å². The molecule has 0 aliphatic carbocycles. The van der Waals surface area contributed by atoms with E-state index in [1.165, 1.54) is 0 Å². The van der Waals surface area contributed by atoms with Gasteiger partial charge < -0.3 is 11.1 Å². The first-order chi connectivity index (χ1) is 7.99. The lowest BCUT2D eigenvalue weighted by Crippen LogP contribution is -2.34. The Labute approximate surface area is 99.4 Å². The number of hydrogen-bond donors (Lipinski definition) is 3. The Morgan fingerprint density at radius 1 is 1.47 bits per heavy atom. The topological polar surface area (TPSA) is 84.2 Å². The number of aryl methyl sites for hydroxylation is 2. The SMILES string of the molecule is Cc1cc(C)c2c(c1)C(NCC(N)=O)C(=O)N2. The molecule has 5 heteroatoms. The van der Waals surface area contributed by atoms with Crippen LogP contribution >= 0.6 is 0 Å². The van der Waals surface area contributed by atoms with Crippen molar-refractivity contribution < 1.29 is 9.59 Å². The normalized spacial score (nSPS) is 17.8. The maximum Gasteiger partial charge on any atom is 0.246 e. The molecule has 1 atom stereocenters. The summed E-state index contributed by atoms with van der Waals surface area (Å²) in [5, 5.41) is 5.67. The fourth-order valence-electron chi connectivity index (χ4n) is 2.14. The highest BCUT2D eigenvalue weighted by Gasteiger charge is 2.31. The predicted molar refractivity (Wildman–Crippen MR) is 64.5 cm³/mol. The zero-order valence-corrected chi connectivity index (χ0v) is 9.83. The standard InChI is InChI=1S/C12H15N3O2/c1-6-3-7(2)10-8(4-6)11(12(17)15-10)14-5-9(13)16/h3-4,11,14H,5H2,1-2H3,(H2,13,16)(H,15,17). The second kappa shape index (κ2) is 4.18. The average Bonchev–Trinajstić information content (AvgIpc) is 2.52. The van der Waals surface area contributed by atoms with Gasteiger partial charge >= 0.3 is 0 Å². The van der Waals surface area contributed by atoms with E-state index in [9.17, 15) is 9.59 Å².